The first kappa shape index (κ1) is 12.4. The van der Waals surface area contributed by atoms with Crippen LogP contribution in [0.4, 0.5) is 5.82 Å². The van der Waals surface area contributed by atoms with E-state index in [1.54, 1.807) is 0 Å². The number of anilines is 1. The van der Waals surface area contributed by atoms with E-state index in [4.69, 9.17) is 0 Å². The third-order valence-electron chi connectivity index (χ3n) is 3.41. The molecule has 94 valence electrons. The minimum Gasteiger partial charge on any atom is -0.356 e. The normalized spacial score (nSPS) is 19.4. The molecule has 0 amide bonds. The van der Waals surface area contributed by atoms with Crippen molar-refractivity contribution in [2.75, 3.05) is 25.0 Å². The molecule has 1 aliphatic rings. The second-order valence-corrected chi connectivity index (χ2v) is 5.74. The summed E-state index contributed by atoms with van der Waals surface area (Å²) in [7, 11) is 1.96. The van der Waals surface area contributed by atoms with E-state index < -0.39 is 0 Å². The van der Waals surface area contributed by atoms with Crippen molar-refractivity contribution in [1.29, 1.82) is 0 Å². The third kappa shape index (κ3) is 3.19. The van der Waals surface area contributed by atoms with Gasteiger partial charge in [0.05, 0.1) is 0 Å². The molecule has 0 unspecified atom stereocenters. The summed E-state index contributed by atoms with van der Waals surface area (Å²) in [5.41, 5.74) is 1.66. The Kier molecular flexibility index (Phi) is 3.67. The highest BCUT2D eigenvalue weighted by Gasteiger charge is 2.26. The average Bonchev–Trinajstić information content (AvgIpc) is 2.29. The van der Waals surface area contributed by atoms with Crippen LogP contribution in [-0.2, 0) is 6.54 Å². The Morgan fingerprint density at radius 3 is 2.82 bits per heavy atom. The molecule has 3 heteroatoms. The lowest BCUT2D eigenvalue weighted by Gasteiger charge is -2.38. The maximum atomic E-state index is 4.57. The zero-order valence-electron chi connectivity index (χ0n) is 11.2. The lowest BCUT2D eigenvalue weighted by Crippen LogP contribution is -2.40. The lowest BCUT2D eigenvalue weighted by molar-refractivity contribution is 0.292. The Labute approximate surface area is 104 Å². The molecule has 0 aromatic carbocycles. The standard InChI is InChI=1S/C14H23N3/c1-14(2)7-4-8-17(11-14)13-6-5-12(9-15-3)10-16-13/h5-6,10,15H,4,7-9,11H2,1-3H3. The van der Waals surface area contributed by atoms with Gasteiger partial charge < -0.3 is 10.2 Å². The van der Waals surface area contributed by atoms with Gasteiger partial charge in [-0.3, -0.25) is 0 Å². The van der Waals surface area contributed by atoms with Crippen LogP contribution in [0, 0.1) is 5.41 Å². The molecule has 1 fully saturated rings. The summed E-state index contributed by atoms with van der Waals surface area (Å²) in [6.07, 6.45) is 4.57. The maximum Gasteiger partial charge on any atom is 0.128 e. The molecule has 2 rings (SSSR count). The topological polar surface area (TPSA) is 28.2 Å². The first-order valence-corrected chi connectivity index (χ1v) is 6.45. The summed E-state index contributed by atoms with van der Waals surface area (Å²) < 4.78 is 0. The van der Waals surface area contributed by atoms with E-state index in [1.807, 2.05) is 13.2 Å². The molecular weight excluding hydrogens is 210 g/mol. The van der Waals surface area contributed by atoms with Crippen LogP contribution < -0.4 is 10.2 Å². The summed E-state index contributed by atoms with van der Waals surface area (Å²) in [5.74, 6) is 1.12. The SMILES string of the molecule is CNCc1ccc(N2CCCC(C)(C)C2)nc1. The molecule has 0 spiro atoms. The fourth-order valence-electron chi connectivity index (χ4n) is 2.53. The van der Waals surface area contributed by atoms with Crippen molar-refractivity contribution in [2.24, 2.45) is 5.41 Å². The number of rotatable bonds is 3. The van der Waals surface area contributed by atoms with Gasteiger partial charge in [-0.15, -0.1) is 0 Å². The number of hydrogen-bond acceptors (Lipinski definition) is 3. The first-order valence-electron chi connectivity index (χ1n) is 6.45. The lowest BCUT2D eigenvalue weighted by atomic mass is 9.84. The number of aromatic nitrogens is 1. The smallest absolute Gasteiger partial charge is 0.128 e. The van der Waals surface area contributed by atoms with Gasteiger partial charge in [-0.2, -0.15) is 0 Å². The molecule has 2 heterocycles. The van der Waals surface area contributed by atoms with Gasteiger partial charge in [0.25, 0.3) is 0 Å². The molecule has 0 bridgehead atoms. The highest BCUT2D eigenvalue weighted by atomic mass is 15.2. The highest BCUT2D eigenvalue weighted by molar-refractivity contribution is 5.40. The van der Waals surface area contributed by atoms with Crippen LogP contribution >= 0.6 is 0 Å². The van der Waals surface area contributed by atoms with E-state index >= 15 is 0 Å². The minimum absolute atomic E-state index is 0.420. The van der Waals surface area contributed by atoms with Gasteiger partial charge in [0.2, 0.25) is 0 Å². The van der Waals surface area contributed by atoms with Gasteiger partial charge in [0.15, 0.2) is 0 Å². The molecule has 1 aliphatic heterocycles. The van der Waals surface area contributed by atoms with Crippen LogP contribution in [0.1, 0.15) is 32.3 Å². The number of pyridine rings is 1. The largest absolute Gasteiger partial charge is 0.356 e. The Morgan fingerprint density at radius 2 is 2.24 bits per heavy atom. The number of piperidine rings is 1. The van der Waals surface area contributed by atoms with Crippen molar-refractivity contribution in [1.82, 2.24) is 10.3 Å². The Morgan fingerprint density at radius 1 is 1.41 bits per heavy atom. The van der Waals surface area contributed by atoms with Crippen molar-refractivity contribution in [3.63, 3.8) is 0 Å². The van der Waals surface area contributed by atoms with Crippen molar-refractivity contribution in [3.05, 3.63) is 23.9 Å². The van der Waals surface area contributed by atoms with Crippen molar-refractivity contribution in [2.45, 2.75) is 33.2 Å². The molecule has 0 saturated carbocycles. The van der Waals surface area contributed by atoms with Crippen LogP contribution in [0.3, 0.4) is 0 Å². The van der Waals surface area contributed by atoms with Crippen LogP contribution in [0.5, 0.6) is 0 Å². The fraction of sp³-hybridized carbons (Fsp3) is 0.643. The predicted molar refractivity (Wildman–Crippen MR) is 72.2 cm³/mol. The summed E-state index contributed by atoms with van der Waals surface area (Å²) in [6, 6.07) is 4.31. The molecule has 1 N–H and O–H groups in total. The maximum absolute atomic E-state index is 4.57. The van der Waals surface area contributed by atoms with Gasteiger partial charge in [0.1, 0.15) is 5.82 Å². The van der Waals surface area contributed by atoms with Gasteiger partial charge in [-0.1, -0.05) is 19.9 Å². The van der Waals surface area contributed by atoms with E-state index in [1.165, 1.54) is 18.4 Å². The zero-order valence-corrected chi connectivity index (χ0v) is 11.2. The molecule has 0 atom stereocenters. The van der Waals surface area contributed by atoms with Crippen LogP contribution in [0.25, 0.3) is 0 Å². The molecule has 0 aliphatic carbocycles. The van der Waals surface area contributed by atoms with Crippen LogP contribution in [-0.4, -0.2) is 25.1 Å². The summed E-state index contributed by atoms with van der Waals surface area (Å²) in [4.78, 5) is 6.98. The number of hydrogen-bond donors (Lipinski definition) is 1. The van der Waals surface area contributed by atoms with Gasteiger partial charge in [-0.25, -0.2) is 4.98 Å². The van der Waals surface area contributed by atoms with E-state index in [-0.39, 0.29) is 0 Å². The summed E-state index contributed by atoms with van der Waals surface area (Å²) in [6.45, 7) is 7.83. The van der Waals surface area contributed by atoms with Crippen molar-refractivity contribution >= 4 is 5.82 Å². The minimum atomic E-state index is 0.420. The second kappa shape index (κ2) is 5.05. The van der Waals surface area contributed by atoms with Gasteiger partial charge in [-0.05, 0) is 36.9 Å². The average molecular weight is 233 g/mol. The van der Waals surface area contributed by atoms with Crippen molar-refractivity contribution in [3.8, 4) is 0 Å². The Hall–Kier alpha value is -1.09. The zero-order chi connectivity index (χ0) is 12.3. The Bertz CT molecular complexity index is 356. The summed E-state index contributed by atoms with van der Waals surface area (Å²) >= 11 is 0. The van der Waals surface area contributed by atoms with E-state index in [2.05, 4.69) is 41.2 Å². The molecular formula is C14H23N3. The molecule has 0 radical (unpaired) electrons. The highest BCUT2D eigenvalue weighted by Crippen LogP contribution is 2.30. The quantitative estimate of drug-likeness (QED) is 0.869. The van der Waals surface area contributed by atoms with Gasteiger partial charge in [0, 0.05) is 25.8 Å². The molecule has 3 nitrogen and oxygen atoms in total. The van der Waals surface area contributed by atoms with E-state index in [0.29, 0.717) is 5.41 Å². The summed E-state index contributed by atoms with van der Waals surface area (Å²) in [5, 5.41) is 3.14. The fourth-order valence-corrected chi connectivity index (χ4v) is 2.53. The number of nitrogens with zero attached hydrogens (tertiary/aromatic N) is 2. The van der Waals surface area contributed by atoms with Crippen molar-refractivity contribution < 1.29 is 0 Å². The third-order valence-corrected chi connectivity index (χ3v) is 3.41. The number of nitrogens with one attached hydrogen (secondary N) is 1. The van der Waals surface area contributed by atoms with Crippen LogP contribution in [0.2, 0.25) is 0 Å². The van der Waals surface area contributed by atoms with E-state index in [9.17, 15) is 0 Å². The molecule has 17 heavy (non-hydrogen) atoms. The second-order valence-electron chi connectivity index (χ2n) is 5.74. The Balaban J connectivity index is 2.06. The molecule has 1 saturated heterocycles. The molecule has 1 aromatic rings. The molecule has 1 aromatic heterocycles. The van der Waals surface area contributed by atoms with Crippen LogP contribution in [0.15, 0.2) is 18.3 Å². The first-order chi connectivity index (χ1) is 8.11. The predicted octanol–water partition coefficient (Wildman–Crippen LogP) is 2.43. The monoisotopic (exact) mass is 233 g/mol. The van der Waals surface area contributed by atoms with E-state index in [0.717, 1.165) is 25.5 Å². The van der Waals surface area contributed by atoms with Gasteiger partial charge >= 0.3 is 0 Å².